The molecule has 154 valence electrons. The molecule has 1 aliphatic carbocycles. The van der Waals surface area contributed by atoms with Gasteiger partial charge in [-0.1, -0.05) is 12.1 Å². The van der Waals surface area contributed by atoms with E-state index in [1.165, 1.54) is 4.88 Å². The number of aromatic amines is 1. The van der Waals surface area contributed by atoms with Crippen LogP contribution in [0.15, 0.2) is 9.32 Å². The lowest BCUT2D eigenvalue weighted by Gasteiger charge is -2.17. The first-order chi connectivity index (χ1) is 13.8. The number of carbonyl (C=O) groups is 1. The largest absolute Gasteiger partial charge is 0.454 e. The Balaban J connectivity index is 1.49. The number of rotatable bonds is 5. The maximum atomic E-state index is 12.7. The summed E-state index contributed by atoms with van der Waals surface area (Å²) in [4.78, 5) is 34.5. The lowest BCUT2D eigenvalue weighted by Crippen LogP contribution is -2.18. The van der Waals surface area contributed by atoms with Crippen LogP contribution < -0.4 is 5.56 Å². The molecule has 0 radical (unpaired) electrons. The van der Waals surface area contributed by atoms with Gasteiger partial charge in [-0.3, -0.25) is 9.59 Å². The summed E-state index contributed by atoms with van der Waals surface area (Å²) in [6, 6.07) is 0. The van der Waals surface area contributed by atoms with Crippen molar-refractivity contribution in [3.63, 3.8) is 0 Å². The van der Waals surface area contributed by atoms with Gasteiger partial charge in [-0.05, 0) is 57.9 Å². The number of esters is 1. The van der Waals surface area contributed by atoms with Crippen LogP contribution in [-0.2, 0) is 28.8 Å². The van der Waals surface area contributed by atoms with Crippen molar-refractivity contribution in [2.75, 3.05) is 0 Å². The molecule has 0 saturated heterocycles. The first-order valence-corrected chi connectivity index (χ1v) is 10.8. The molecule has 0 fully saturated rings. The molecule has 0 spiro atoms. The third-order valence-corrected chi connectivity index (χ3v) is 6.79. The molecule has 0 unspecified atom stereocenters. The number of hydrogen-bond donors (Lipinski definition) is 1. The molecule has 0 bridgehead atoms. The fourth-order valence-electron chi connectivity index (χ4n) is 3.96. The zero-order valence-corrected chi connectivity index (χ0v) is 17.9. The zero-order valence-electron chi connectivity index (χ0n) is 17.1. The molecule has 0 amide bonds. The molecule has 0 saturated carbocycles. The van der Waals surface area contributed by atoms with Gasteiger partial charge in [0.25, 0.3) is 5.56 Å². The van der Waals surface area contributed by atoms with E-state index in [-0.39, 0.29) is 17.9 Å². The number of hydrogen-bond acceptors (Lipinski definition) is 7. The highest BCUT2D eigenvalue weighted by Crippen LogP contribution is 2.36. The van der Waals surface area contributed by atoms with E-state index >= 15 is 0 Å². The van der Waals surface area contributed by atoms with Crippen molar-refractivity contribution in [1.82, 2.24) is 15.1 Å². The van der Waals surface area contributed by atoms with E-state index in [0.717, 1.165) is 46.7 Å². The number of aryl methyl sites for hydroxylation is 3. The molecule has 7 nitrogen and oxygen atoms in total. The molecule has 4 rings (SSSR count). The minimum Gasteiger partial charge on any atom is -0.454 e. The van der Waals surface area contributed by atoms with Gasteiger partial charge in [0.2, 0.25) is 0 Å². The van der Waals surface area contributed by atoms with Crippen LogP contribution >= 0.6 is 11.3 Å². The summed E-state index contributed by atoms with van der Waals surface area (Å²) in [6.07, 6.45) is 3.11. The zero-order chi connectivity index (χ0) is 20.7. The molecule has 3 heterocycles. The highest BCUT2D eigenvalue weighted by molar-refractivity contribution is 7.18. The topological polar surface area (TPSA) is 98.1 Å². The van der Waals surface area contributed by atoms with Crippen molar-refractivity contribution < 1.29 is 14.1 Å². The quantitative estimate of drug-likeness (QED) is 0.634. The van der Waals surface area contributed by atoms with Gasteiger partial charge in [0, 0.05) is 16.9 Å². The average molecular weight is 416 g/mol. The summed E-state index contributed by atoms with van der Waals surface area (Å²) >= 11 is 1.59. The van der Waals surface area contributed by atoms with Gasteiger partial charge in [-0.2, -0.15) is 0 Å². The molecule has 3 aromatic heterocycles. The highest BCUT2D eigenvalue weighted by atomic mass is 32.1. The Kier molecular flexibility index (Phi) is 5.29. The number of carbonyl (C=O) groups excluding carboxylic acids is 1. The third kappa shape index (κ3) is 3.85. The van der Waals surface area contributed by atoms with Crippen molar-refractivity contribution in [3.8, 4) is 0 Å². The van der Waals surface area contributed by atoms with Gasteiger partial charge in [0.15, 0.2) is 11.9 Å². The Bertz CT molecular complexity index is 1110. The van der Waals surface area contributed by atoms with Crippen LogP contribution in [0.25, 0.3) is 10.2 Å². The molecular formula is C21H25N3O4S. The van der Waals surface area contributed by atoms with Gasteiger partial charge in [0.05, 0.1) is 11.1 Å². The number of thiophene rings is 1. The van der Waals surface area contributed by atoms with Crippen LogP contribution in [0.3, 0.4) is 0 Å². The standard InChI is InChI=1S/C21H25N3O4S/c1-10-5-6-15-16(9-10)29-21-18(15)20(26)22-19(23-21)13(4)27-17(25)8-7-14-11(2)24-28-12(14)3/h10,13H,5-9H2,1-4H3,(H,22,23,26)/t10-,13-/m0/s1. The van der Waals surface area contributed by atoms with Crippen LogP contribution in [-0.4, -0.2) is 21.1 Å². The van der Waals surface area contributed by atoms with Crippen LogP contribution in [0.1, 0.15) is 66.1 Å². The maximum absolute atomic E-state index is 12.7. The third-order valence-electron chi connectivity index (χ3n) is 5.64. The Morgan fingerprint density at radius 3 is 2.93 bits per heavy atom. The summed E-state index contributed by atoms with van der Waals surface area (Å²) in [5, 5.41) is 4.60. The number of H-pyrrole nitrogens is 1. The monoisotopic (exact) mass is 415 g/mol. The second kappa shape index (κ2) is 7.74. The van der Waals surface area contributed by atoms with E-state index in [4.69, 9.17) is 9.26 Å². The van der Waals surface area contributed by atoms with Crippen LogP contribution in [0, 0.1) is 19.8 Å². The molecular weight excluding hydrogens is 390 g/mol. The van der Waals surface area contributed by atoms with Gasteiger partial charge in [-0.25, -0.2) is 4.98 Å². The predicted molar refractivity (Wildman–Crippen MR) is 110 cm³/mol. The normalized spacial score (nSPS) is 17.3. The number of aromatic nitrogens is 3. The van der Waals surface area contributed by atoms with E-state index in [2.05, 4.69) is 22.0 Å². The number of nitrogens with one attached hydrogen (secondary N) is 1. The molecule has 29 heavy (non-hydrogen) atoms. The summed E-state index contributed by atoms with van der Waals surface area (Å²) in [7, 11) is 0. The van der Waals surface area contributed by atoms with Crippen molar-refractivity contribution in [1.29, 1.82) is 0 Å². The molecule has 2 atom stereocenters. The van der Waals surface area contributed by atoms with Crippen molar-refractivity contribution in [2.24, 2.45) is 5.92 Å². The molecule has 8 heteroatoms. The van der Waals surface area contributed by atoms with Crippen LogP contribution in [0.5, 0.6) is 0 Å². The maximum Gasteiger partial charge on any atom is 0.306 e. The number of nitrogens with zero attached hydrogens (tertiary/aromatic N) is 2. The van der Waals surface area contributed by atoms with E-state index in [1.54, 1.807) is 18.3 Å². The van der Waals surface area contributed by atoms with Crippen LogP contribution in [0.2, 0.25) is 0 Å². The Morgan fingerprint density at radius 1 is 1.41 bits per heavy atom. The highest BCUT2D eigenvalue weighted by Gasteiger charge is 2.24. The minimum atomic E-state index is -0.623. The molecule has 0 aliphatic heterocycles. The Labute approximate surface area is 172 Å². The molecule has 1 aliphatic rings. The van der Waals surface area contributed by atoms with Gasteiger partial charge < -0.3 is 14.2 Å². The minimum absolute atomic E-state index is 0.143. The lowest BCUT2D eigenvalue weighted by atomic mass is 9.89. The second-order valence-corrected chi connectivity index (χ2v) is 9.00. The van der Waals surface area contributed by atoms with Gasteiger partial charge in [0.1, 0.15) is 10.6 Å². The predicted octanol–water partition coefficient (Wildman–Crippen LogP) is 3.95. The molecule has 1 N–H and O–H groups in total. The van der Waals surface area contributed by atoms with Gasteiger partial charge in [-0.15, -0.1) is 11.3 Å². The Morgan fingerprint density at radius 2 is 2.21 bits per heavy atom. The fourth-order valence-corrected chi connectivity index (χ4v) is 5.35. The summed E-state index contributed by atoms with van der Waals surface area (Å²) in [5.41, 5.74) is 2.72. The SMILES string of the molecule is Cc1noc(C)c1CCC(=O)O[C@@H](C)c1nc2sc3c(c2c(=O)[nH]1)CC[C@H](C)C3. The average Bonchev–Trinajstić information content (AvgIpc) is 3.19. The van der Waals surface area contributed by atoms with Gasteiger partial charge >= 0.3 is 5.97 Å². The smallest absolute Gasteiger partial charge is 0.306 e. The van der Waals surface area contributed by atoms with Crippen molar-refractivity contribution in [2.45, 2.75) is 65.9 Å². The molecule has 3 aromatic rings. The first kappa shape index (κ1) is 19.8. The first-order valence-electron chi connectivity index (χ1n) is 9.99. The van der Waals surface area contributed by atoms with E-state index in [0.29, 0.717) is 23.5 Å². The summed E-state index contributed by atoms with van der Waals surface area (Å²) in [5.74, 6) is 1.39. The van der Waals surface area contributed by atoms with E-state index < -0.39 is 6.10 Å². The fraction of sp³-hybridized carbons (Fsp3) is 0.524. The molecule has 0 aromatic carbocycles. The van der Waals surface area contributed by atoms with E-state index in [9.17, 15) is 9.59 Å². The van der Waals surface area contributed by atoms with E-state index in [1.807, 2.05) is 13.8 Å². The summed E-state index contributed by atoms with van der Waals surface area (Å²) in [6.45, 7) is 7.65. The summed E-state index contributed by atoms with van der Waals surface area (Å²) < 4.78 is 10.6. The van der Waals surface area contributed by atoms with Crippen LogP contribution in [0.4, 0.5) is 0 Å². The van der Waals surface area contributed by atoms with Crippen molar-refractivity contribution >= 4 is 27.5 Å². The lowest BCUT2D eigenvalue weighted by molar-refractivity contribution is -0.148. The second-order valence-electron chi connectivity index (χ2n) is 7.92. The Hall–Kier alpha value is -2.48. The number of fused-ring (bicyclic) bond motifs is 3. The van der Waals surface area contributed by atoms with Crippen molar-refractivity contribution in [3.05, 3.63) is 43.6 Å². The number of ether oxygens (including phenoxy) is 1.